The monoisotopic (exact) mass is 418 g/mol. The van der Waals surface area contributed by atoms with Gasteiger partial charge in [-0.3, -0.25) is 14.9 Å². The molecule has 0 radical (unpaired) electrons. The Bertz CT molecular complexity index is 1030. The van der Waals surface area contributed by atoms with E-state index in [9.17, 15) is 4.79 Å². The number of nitrogens with zero attached hydrogens (tertiary/aromatic N) is 4. The van der Waals surface area contributed by atoms with Gasteiger partial charge >= 0.3 is 0 Å². The summed E-state index contributed by atoms with van der Waals surface area (Å²) in [4.78, 5) is 23.7. The molecule has 4 heterocycles. The zero-order valence-electron chi connectivity index (χ0n) is 17.9. The molecule has 1 aliphatic heterocycles. The van der Waals surface area contributed by atoms with E-state index in [1.54, 1.807) is 6.20 Å². The number of aromatic nitrogens is 4. The summed E-state index contributed by atoms with van der Waals surface area (Å²) in [7, 11) is 0. The highest BCUT2D eigenvalue weighted by atomic mass is 16.2. The number of aryl methyl sites for hydroxylation is 1. The molecule has 1 unspecified atom stereocenters. The summed E-state index contributed by atoms with van der Waals surface area (Å²) < 4.78 is 0. The molecular weight excluding hydrogens is 388 g/mol. The zero-order valence-corrected chi connectivity index (χ0v) is 17.9. The molecule has 0 aromatic carbocycles. The van der Waals surface area contributed by atoms with Crippen LogP contribution < -0.4 is 5.32 Å². The number of nitrogens with one attached hydrogen (secondary N) is 2. The van der Waals surface area contributed by atoms with Crippen molar-refractivity contribution in [3.05, 3.63) is 48.0 Å². The number of fused-ring (bicyclic) bond motifs is 1. The van der Waals surface area contributed by atoms with Gasteiger partial charge in [0.2, 0.25) is 5.91 Å². The molecular formula is C24H30N6O. The third kappa shape index (κ3) is 4.40. The van der Waals surface area contributed by atoms with Crippen molar-refractivity contribution in [3.63, 3.8) is 0 Å². The Hall–Kier alpha value is -2.96. The Morgan fingerprint density at radius 3 is 2.90 bits per heavy atom. The molecule has 3 aromatic rings. The van der Waals surface area contributed by atoms with E-state index < -0.39 is 0 Å². The van der Waals surface area contributed by atoms with Crippen molar-refractivity contribution in [2.75, 3.05) is 18.4 Å². The molecule has 1 saturated carbocycles. The molecule has 7 nitrogen and oxygen atoms in total. The van der Waals surface area contributed by atoms with Gasteiger partial charge in [-0.2, -0.15) is 5.10 Å². The molecule has 1 aliphatic carbocycles. The zero-order chi connectivity index (χ0) is 21.0. The van der Waals surface area contributed by atoms with Crippen LogP contribution in [-0.4, -0.2) is 50.1 Å². The molecule has 2 N–H and O–H groups in total. The minimum atomic E-state index is 0.208. The number of aromatic amines is 1. The molecule has 7 heteroatoms. The largest absolute Gasteiger partial charge is 0.367 e. The average molecular weight is 419 g/mol. The molecule has 162 valence electrons. The van der Waals surface area contributed by atoms with Gasteiger partial charge < -0.3 is 10.2 Å². The summed E-state index contributed by atoms with van der Waals surface area (Å²) in [6.45, 7) is 1.60. The topological polar surface area (TPSA) is 86.8 Å². The highest BCUT2D eigenvalue weighted by Crippen LogP contribution is 2.29. The second kappa shape index (κ2) is 9.04. The maximum Gasteiger partial charge on any atom is 0.222 e. The van der Waals surface area contributed by atoms with E-state index in [0.717, 1.165) is 41.9 Å². The van der Waals surface area contributed by atoms with Crippen molar-refractivity contribution in [1.29, 1.82) is 0 Å². The van der Waals surface area contributed by atoms with Crippen LogP contribution in [0.4, 0.5) is 5.82 Å². The van der Waals surface area contributed by atoms with Gasteiger partial charge in [0.1, 0.15) is 5.82 Å². The van der Waals surface area contributed by atoms with Gasteiger partial charge in [0.15, 0.2) is 0 Å². The van der Waals surface area contributed by atoms with Gasteiger partial charge in [0.25, 0.3) is 0 Å². The van der Waals surface area contributed by atoms with Crippen LogP contribution in [0.1, 0.15) is 62.1 Å². The van der Waals surface area contributed by atoms with Gasteiger partial charge in [0, 0.05) is 55.8 Å². The number of carbonyl (C=O) groups excluding carboxylic acids is 1. The number of H-pyrrole nitrogens is 1. The minimum absolute atomic E-state index is 0.208. The fourth-order valence-electron chi connectivity index (χ4n) is 5.02. The Kier molecular flexibility index (Phi) is 5.82. The lowest BCUT2D eigenvalue weighted by Gasteiger charge is -2.23. The molecule has 2 aliphatic rings. The summed E-state index contributed by atoms with van der Waals surface area (Å²) in [5.74, 6) is 1.50. The third-order valence-electron chi connectivity index (χ3n) is 6.77. The van der Waals surface area contributed by atoms with Crippen LogP contribution in [0, 0.1) is 0 Å². The first kappa shape index (κ1) is 20.0. The van der Waals surface area contributed by atoms with Crippen LogP contribution in [0.15, 0.2) is 36.8 Å². The number of carbonyl (C=O) groups is 1. The first-order valence-corrected chi connectivity index (χ1v) is 11.5. The van der Waals surface area contributed by atoms with E-state index >= 15 is 0 Å². The van der Waals surface area contributed by atoms with Crippen LogP contribution in [-0.2, 0) is 11.2 Å². The summed E-state index contributed by atoms with van der Waals surface area (Å²) in [5.41, 5.74) is 3.13. The smallest absolute Gasteiger partial charge is 0.222 e. The molecule has 0 bridgehead atoms. The standard InChI is InChI=1S/C24H30N6O/c31-22(30-14-11-18(16-30)17-5-4-12-25-15-17)9-8-20-23-21(29-28-20)10-13-26-24(23)27-19-6-2-1-3-7-19/h4-5,10,12-13,15,18-19H,1-3,6-9,11,14,16H2,(H,26,27)(H,28,29). The molecule has 0 spiro atoms. The van der Waals surface area contributed by atoms with Crippen molar-refractivity contribution in [1.82, 2.24) is 25.1 Å². The molecule has 1 amide bonds. The molecule has 31 heavy (non-hydrogen) atoms. The van der Waals surface area contributed by atoms with Gasteiger partial charge in [-0.15, -0.1) is 0 Å². The van der Waals surface area contributed by atoms with Crippen molar-refractivity contribution in [3.8, 4) is 0 Å². The molecule has 2 fully saturated rings. The summed E-state index contributed by atoms with van der Waals surface area (Å²) in [6, 6.07) is 6.49. The molecule has 3 aromatic heterocycles. The van der Waals surface area contributed by atoms with E-state index in [2.05, 4.69) is 31.5 Å². The van der Waals surface area contributed by atoms with Gasteiger partial charge in [-0.1, -0.05) is 25.3 Å². The number of amides is 1. The van der Waals surface area contributed by atoms with E-state index in [0.29, 0.717) is 24.8 Å². The highest BCUT2D eigenvalue weighted by Gasteiger charge is 2.27. The summed E-state index contributed by atoms with van der Waals surface area (Å²) >= 11 is 0. The number of hydrogen-bond donors (Lipinski definition) is 2. The number of rotatable bonds is 6. The maximum atomic E-state index is 12.9. The second-order valence-corrected chi connectivity index (χ2v) is 8.85. The highest BCUT2D eigenvalue weighted by molar-refractivity contribution is 5.92. The first-order chi connectivity index (χ1) is 15.3. The van der Waals surface area contributed by atoms with Crippen molar-refractivity contribution >= 4 is 22.6 Å². The van der Waals surface area contributed by atoms with Crippen LogP contribution in [0.2, 0.25) is 0 Å². The Morgan fingerprint density at radius 1 is 1.16 bits per heavy atom. The second-order valence-electron chi connectivity index (χ2n) is 8.85. The summed E-state index contributed by atoms with van der Waals surface area (Å²) in [5, 5.41) is 12.3. The molecule has 1 atom stereocenters. The predicted octanol–water partition coefficient (Wildman–Crippen LogP) is 4.05. The Balaban J connectivity index is 1.24. The van der Waals surface area contributed by atoms with Gasteiger partial charge in [-0.25, -0.2) is 4.98 Å². The fraction of sp³-hybridized carbons (Fsp3) is 0.500. The van der Waals surface area contributed by atoms with Crippen molar-refractivity contribution in [2.45, 2.75) is 63.3 Å². The van der Waals surface area contributed by atoms with Gasteiger partial charge in [0.05, 0.1) is 10.9 Å². The fourth-order valence-corrected chi connectivity index (χ4v) is 5.02. The van der Waals surface area contributed by atoms with Crippen LogP contribution >= 0.6 is 0 Å². The first-order valence-electron chi connectivity index (χ1n) is 11.5. The number of likely N-dealkylation sites (tertiary alicyclic amines) is 1. The average Bonchev–Trinajstić information content (AvgIpc) is 3.47. The Morgan fingerprint density at radius 2 is 2.06 bits per heavy atom. The maximum absolute atomic E-state index is 12.9. The summed E-state index contributed by atoms with van der Waals surface area (Å²) in [6.07, 6.45) is 13.9. The lowest BCUT2D eigenvalue weighted by Crippen LogP contribution is -2.28. The lowest BCUT2D eigenvalue weighted by molar-refractivity contribution is -0.130. The van der Waals surface area contributed by atoms with E-state index in [1.807, 2.05) is 29.4 Å². The molecule has 5 rings (SSSR count). The third-order valence-corrected chi connectivity index (χ3v) is 6.77. The number of anilines is 1. The van der Waals surface area contributed by atoms with Crippen LogP contribution in [0.25, 0.3) is 10.9 Å². The Labute approximate surface area is 182 Å². The van der Waals surface area contributed by atoms with Crippen molar-refractivity contribution < 1.29 is 4.79 Å². The van der Waals surface area contributed by atoms with Gasteiger partial charge in [-0.05, 0) is 43.4 Å². The molecule has 1 saturated heterocycles. The number of pyridine rings is 2. The normalized spacial score (nSPS) is 19.7. The predicted molar refractivity (Wildman–Crippen MR) is 121 cm³/mol. The van der Waals surface area contributed by atoms with E-state index in [-0.39, 0.29) is 5.91 Å². The number of hydrogen-bond acceptors (Lipinski definition) is 5. The quantitative estimate of drug-likeness (QED) is 0.631. The van der Waals surface area contributed by atoms with E-state index in [4.69, 9.17) is 0 Å². The van der Waals surface area contributed by atoms with E-state index in [1.165, 1.54) is 37.7 Å². The van der Waals surface area contributed by atoms with Crippen molar-refractivity contribution in [2.24, 2.45) is 0 Å². The van der Waals surface area contributed by atoms with Crippen LogP contribution in [0.3, 0.4) is 0 Å². The van der Waals surface area contributed by atoms with Crippen LogP contribution in [0.5, 0.6) is 0 Å². The SMILES string of the molecule is O=C(CCc1[nH]nc2ccnc(NC3CCCCC3)c12)N1CCC(c2cccnc2)C1. The lowest BCUT2D eigenvalue weighted by atomic mass is 9.95. The minimum Gasteiger partial charge on any atom is -0.367 e.